The summed E-state index contributed by atoms with van der Waals surface area (Å²) >= 11 is 0. The van der Waals surface area contributed by atoms with E-state index in [0.29, 0.717) is 19.3 Å². The first-order valence-corrected chi connectivity index (χ1v) is 46.5. The Balaban J connectivity index is -0.000000982. The van der Waals surface area contributed by atoms with Gasteiger partial charge in [-0.1, -0.05) is 484 Å². The fourth-order valence-electron chi connectivity index (χ4n) is 14.1. The van der Waals surface area contributed by atoms with Crippen LogP contribution in [0.4, 0.5) is 0 Å². The number of carbonyl (C=O) groups excluding carboxylic acids is 5. The van der Waals surface area contributed by atoms with E-state index in [2.05, 4.69) is 34.6 Å². The number of carboxylic acid groups (broad SMARTS) is 2. The molecule has 0 rings (SSSR count). The van der Waals surface area contributed by atoms with Crippen LogP contribution in [0.15, 0.2) is 0 Å². The van der Waals surface area contributed by atoms with Crippen LogP contribution >= 0.6 is 0 Å². The molecular weight excluding hydrogens is 1320 g/mol. The van der Waals surface area contributed by atoms with Gasteiger partial charge in [-0.15, -0.1) is 0 Å². The van der Waals surface area contributed by atoms with E-state index >= 15 is 0 Å². The first-order chi connectivity index (χ1) is 50.6. The molecule has 0 amide bonds. The minimum absolute atomic E-state index is 0. The van der Waals surface area contributed by atoms with E-state index in [9.17, 15) is 34.2 Å². The molecule has 11 heteroatoms. The molecule has 0 aromatic carbocycles. The second-order valence-corrected chi connectivity index (χ2v) is 31.7. The van der Waals surface area contributed by atoms with Crippen molar-refractivity contribution in [2.24, 2.45) is 0 Å². The Hall–Kier alpha value is -1.39. The molecular formula is C93H180CaO10. The molecule has 0 aliphatic heterocycles. The van der Waals surface area contributed by atoms with Gasteiger partial charge in [0.25, 0.3) is 0 Å². The summed E-state index contributed by atoms with van der Waals surface area (Å²) in [4.78, 5) is 58.5. The third-order valence-corrected chi connectivity index (χ3v) is 21.1. The van der Waals surface area contributed by atoms with Crippen molar-refractivity contribution in [3.8, 4) is 0 Å². The van der Waals surface area contributed by atoms with Gasteiger partial charge in [0.2, 0.25) is 0 Å². The first-order valence-electron chi connectivity index (χ1n) is 46.5. The standard InChI is InChI=1S/C57H110O6.2C18H36O2.Ca/c1-4-7-10-13-16-19-22-25-28-31-34-37-40-43-46-49-55(58)61-52-54(63-57(60)51-48-45-42-39-36-33-30-27-24-21-18-15-12-9-6-3)53-62-56(59)50-47-44-41-38-35-32-29-26-23-20-17-14-11-8-5-2;2*1-2-3-4-5-6-7-8-9-10-11-12-13-14-15-16-17-18(19)20;/h54H,4-53H2,1-3H3;2*2-17H2,1H3,(H,19,20);/q;;;+2/p-2. The van der Waals surface area contributed by atoms with Crippen molar-refractivity contribution in [1.29, 1.82) is 0 Å². The molecule has 0 atom stereocenters. The smallest absolute Gasteiger partial charge is 0.550 e. The van der Waals surface area contributed by atoms with Gasteiger partial charge in [0.1, 0.15) is 13.2 Å². The van der Waals surface area contributed by atoms with E-state index in [1.165, 1.54) is 398 Å². The number of carbonyl (C=O) groups is 5. The van der Waals surface area contributed by atoms with Crippen molar-refractivity contribution in [2.45, 2.75) is 554 Å². The van der Waals surface area contributed by atoms with Crippen molar-refractivity contribution >= 4 is 67.6 Å². The average Bonchev–Trinajstić information content (AvgIpc) is 1.01. The predicted octanol–water partition coefficient (Wildman–Crippen LogP) is 28.4. The van der Waals surface area contributed by atoms with Gasteiger partial charge in [-0.2, -0.15) is 0 Å². The fraction of sp³-hybridized carbons (Fsp3) is 0.946. The molecule has 0 N–H and O–H groups in total. The maximum absolute atomic E-state index is 12.8. The molecule has 0 saturated carbocycles. The summed E-state index contributed by atoms with van der Waals surface area (Å²) in [7, 11) is 0. The predicted molar refractivity (Wildman–Crippen MR) is 445 cm³/mol. The number of unbranched alkanes of at least 4 members (excludes halogenated alkanes) is 70. The van der Waals surface area contributed by atoms with Crippen LogP contribution in [0.3, 0.4) is 0 Å². The Labute approximate surface area is 678 Å². The number of ether oxygens (including phenoxy) is 3. The molecule has 104 heavy (non-hydrogen) atoms. The van der Waals surface area contributed by atoms with Gasteiger partial charge in [-0.3, -0.25) is 14.4 Å². The zero-order valence-electron chi connectivity index (χ0n) is 70.8. The van der Waals surface area contributed by atoms with Gasteiger partial charge < -0.3 is 34.0 Å². The van der Waals surface area contributed by atoms with Crippen molar-refractivity contribution in [3.63, 3.8) is 0 Å². The van der Waals surface area contributed by atoms with Crippen molar-refractivity contribution in [2.75, 3.05) is 13.2 Å². The number of esters is 3. The van der Waals surface area contributed by atoms with E-state index in [1.807, 2.05) is 0 Å². The van der Waals surface area contributed by atoms with E-state index < -0.39 is 18.0 Å². The molecule has 614 valence electrons. The molecule has 0 unspecified atom stereocenters. The molecule has 0 aromatic rings. The number of hydrogen-bond acceptors (Lipinski definition) is 10. The van der Waals surface area contributed by atoms with Gasteiger partial charge in [-0.05, 0) is 44.9 Å². The zero-order chi connectivity index (χ0) is 75.6. The van der Waals surface area contributed by atoms with Crippen LogP contribution < -0.4 is 10.2 Å². The van der Waals surface area contributed by atoms with Crippen LogP contribution in [0.5, 0.6) is 0 Å². The Morgan fingerprint density at radius 1 is 0.192 bits per heavy atom. The fourth-order valence-corrected chi connectivity index (χ4v) is 14.1. The second kappa shape index (κ2) is 99.6. The SMILES string of the molecule is CCCCCCCCCCCCCCCCCC(=O)OCC(COC(=O)CCCCCCCCCCCCCCCCC)OC(=O)CCCCCCCCCCCCCCCCC.CCCCCCCCCCCCCCCCCC(=O)[O-].CCCCCCCCCCCCCCCCCC(=O)[O-].[Ca+2]. The first kappa shape index (κ1) is 109. The van der Waals surface area contributed by atoms with Crippen LogP contribution in [0.1, 0.15) is 548 Å². The number of aliphatic carboxylic acids is 2. The summed E-state index contributed by atoms with van der Waals surface area (Å²) in [6.45, 7) is 11.2. The quantitative estimate of drug-likeness (QED) is 0.0248. The molecule has 0 aliphatic rings. The number of carboxylic acids is 2. The Bertz CT molecular complexity index is 1570. The molecule has 0 radical (unpaired) electrons. The van der Waals surface area contributed by atoms with Gasteiger partial charge in [0.05, 0.1) is 0 Å². The van der Waals surface area contributed by atoms with E-state index in [4.69, 9.17) is 14.2 Å². The van der Waals surface area contributed by atoms with E-state index in [-0.39, 0.29) is 81.7 Å². The molecule has 0 fully saturated rings. The summed E-state index contributed by atoms with van der Waals surface area (Å²) in [5.74, 6) is -2.64. The Morgan fingerprint density at radius 3 is 0.462 bits per heavy atom. The van der Waals surface area contributed by atoms with Crippen molar-refractivity contribution < 1.29 is 48.4 Å². The minimum Gasteiger partial charge on any atom is -0.550 e. The van der Waals surface area contributed by atoms with Crippen LogP contribution in [0, 0.1) is 0 Å². The van der Waals surface area contributed by atoms with Gasteiger partial charge in [-0.25, -0.2) is 0 Å². The second-order valence-electron chi connectivity index (χ2n) is 31.7. The average molecular weight is 1500 g/mol. The molecule has 0 aliphatic carbocycles. The summed E-state index contributed by atoms with van der Waals surface area (Å²) in [6, 6.07) is 0. The van der Waals surface area contributed by atoms with Gasteiger partial charge >= 0.3 is 55.6 Å². The topological polar surface area (TPSA) is 159 Å². The Morgan fingerprint density at radius 2 is 0.317 bits per heavy atom. The third-order valence-electron chi connectivity index (χ3n) is 21.1. The summed E-state index contributed by atoms with van der Waals surface area (Å²) < 4.78 is 16.9. The molecule has 0 saturated heterocycles. The van der Waals surface area contributed by atoms with Gasteiger partial charge in [0.15, 0.2) is 6.10 Å². The van der Waals surface area contributed by atoms with Crippen LogP contribution in [0.2, 0.25) is 0 Å². The van der Waals surface area contributed by atoms with E-state index in [0.717, 1.165) is 83.5 Å². The monoisotopic (exact) mass is 1500 g/mol. The van der Waals surface area contributed by atoms with Crippen molar-refractivity contribution in [3.05, 3.63) is 0 Å². The maximum Gasteiger partial charge on any atom is 2.00 e. The maximum atomic E-state index is 12.8. The van der Waals surface area contributed by atoms with Gasteiger partial charge in [0, 0.05) is 31.2 Å². The van der Waals surface area contributed by atoms with Crippen LogP contribution in [-0.4, -0.2) is 86.9 Å². The molecule has 10 nitrogen and oxygen atoms in total. The van der Waals surface area contributed by atoms with E-state index in [1.54, 1.807) is 0 Å². The van der Waals surface area contributed by atoms with Crippen LogP contribution in [0.25, 0.3) is 0 Å². The summed E-state index contributed by atoms with van der Waals surface area (Å²) in [5.41, 5.74) is 0. The zero-order valence-corrected chi connectivity index (χ0v) is 73.1. The summed E-state index contributed by atoms with van der Waals surface area (Å²) in [6.07, 6.45) is 97.7. The third kappa shape index (κ3) is 105. The largest absolute Gasteiger partial charge is 2.00 e. The van der Waals surface area contributed by atoms with Crippen molar-refractivity contribution in [1.82, 2.24) is 0 Å². The molecule has 0 spiro atoms. The molecule has 0 bridgehead atoms. The minimum atomic E-state index is -0.903. The molecule has 0 heterocycles. The Kier molecular flexibility index (Phi) is 104. The number of rotatable bonds is 85. The number of hydrogen-bond donors (Lipinski definition) is 0. The summed E-state index contributed by atoms with van der Waals surface area (Å²) in [5, 5.41) is 20.4. The molecule has 0 aromatic heterocycles. The normalized spacial score (nSPS) is 11.1. The van der Waals surface area contributed by atoms with Crippen LogP contribution in [-0.2, 0) is 38.2 Å².